The molecular weight excluding hydrogens is 398 g/mol. The molecule has 0 spiro atoms. The highest BCUT2D eigenvalue weighted by Gasteiger charge is 2.57. The molecule has 6 nitrogen and oxygen atoms in total. The molecule has 3 N–H and O–H groups in total. The molecule has 1 unspecified atom stereocenters. The van der Waals surface area contributed by atoms with Crippen LogP contribution in [0.1, 0.15) is 24.1 Å². The van der Waals surface area contributed by atoms with Gasteiger partial charge in [-0.3, -0.25) is 9.69 Å². The van der Waals surface area contributed by atoms with Crippen LogP contribution >= 0.6 is 11.6 Å². The molecule has 2 aliphatic rings. The number of guanidine groups is 1. The number of amides is 1. The summed E-state index contributed by atoms with van der Waals surface area (Å²) in [5.41, 5.74) is 9.19. The van der Waals surface area contributed by atoms with E-state index in [0.29, 0.717) is 23.9 Å². The van der Waals surface area contributed by atoms with Gasteiger partial charge in [0.1, 0.15) is 0 Å². The first kappa shape index (κ1) is 18.9. The number of aliphatic imine (C=N–C) groups is 1. The number of rotatable bonds is 6. The van der Waals surface area contributed by atoms with Gasteiger partial charge in [0.05, 0.1) is 6.33 Å². The smallest absolute Gasteiger partial charge is 0.262 e. The lowest BCUT2D eigenvalue weighted by atomic mass is 9.83. The minimum atomic E-state index is -0.938. The zero-order chi connectivity index (χ0) is 20.7. The number of nitrogens with two attached hydrogens (primary N) is 1. The number of aromatic amines is 1. The van der Waals surface area contributed by atoms with Crippen LogP contribution in [0.2, 0.25) is 5.02 Å². The van der Waals surface area contributed by atoms with Crippen LogP contribution in [0.4, 0.5) is 0 Å². The number of nitrogens with zero attached hydrogens (tertiary/aromatic N) is 3. The first-order valence-electron chi connectivity index (χ1n) is 10.1. The molecule has 1 aliphatic carbocycles. The molecule has 2 heterocycles. The number of hydrogen-bond donors (Lipinski definition) is 2. The Bertz CT molecular complexity index is 1120. The molecule has 2 aromatic carbocycles. The minimum absolute atomic E-state index is 0.0368. The van der Waals surface area contributed by atoms with E-state index in [1.165, 1.54) is 0 Å². The van der Waals surface area contributed by atoms with Crippen molar-refractivity contribution in [2.24, 2.45) is 16.6 Å². The second-order valence-corrected chi connectivity index (χ2v) is 8.32. The van der Waals surface area contributed by atoms with E-state index < -0.39 is 5.54 Å². The molecule has 0 radical (unpaired) electrons. The molecule has 7 heteroatoms. The average Bonchev–Trinajstić information content (AvgIpc) is 3.41. The summed E-state index contributed by atoms with van der Waals surface area (Å²) < 4.78 is 0. The van der Waals surface area contributed by atoms with Gasteiger partial charge in [-0.15, -0.1) is 0 Å². The summed E-state index contributed by atoms with van der Waals surface area (Å²) >= 11 is 6.18. The molecule has 0 saturated heterocycles. The highest BCUT2D eigenvalue weighted by Crippen LogP contribution is 2.52. The fourth-order valence-electron chi connectivity index (χ4n) is 4.26. The van der Waals surface area contributed by atoms with Crippen molar-refractivity contribution >= 4 is 23.5 Å². The van der Waals surface area contributed by atoms with E-state index in [1.54, 1.807) is 17.4 Å². The summed E-state index contributed by atoms with van der Waals surface area (Å²) in [4.78, 5) is 27.2. The quantitative estimate of drug-likeness (QED) is 0.638. The second kappa shape index (κ2) is 7.29. The lowest BCUT2D eigenvalue weighted by Crippen LogP contribution is -2.45. The van der Waals surface area contributed by atoms with Crippen molar-refractivity contribution in [1.29, 1.82) is 0 Å². The summed E-state index contributed by atoms with van der Waals surface area (Å²) in [6, 6.07) is 15.8. The van der Waals surface area contributed by atoms with Crippen molar-refractivity contribution in [1.82, 2.24) is 14.9 Å². The number of aromatic nitrogens is 2. The van der Waals surface area contributed by atoms with Gasteiger partial charge in [0, 0.05) is 29.9 Å². The molecule has 1 atom stereocenters. The van der Waals surface area contributed by atoms with Gasteiger partial charge in [-0.1, -0.05) is 41.9 Å². The van der Waals surface area contributed by atoms with E-state index in [9.17, 15) is 4.79 Å². The monoisotopic (exact) mass is 419 g/mol. The SMILES string of the molecule is NC1=NC(c2cccc(-c3cccc(Cl)c3)c2)(C2CC2)C(=O)N1CCc1cnc[nH]1. The van der Waals surface area contributed by atoms with Gasteiger partial charge >= 0.3 is 0 Å². The standard InChI is InChI=1S/C23H22ClN5O/c24-19-6-2-4-16(12-19)15-3-1-5-18(11-15)23(17-7-8-17)21(30)29(22(25)28-23)10-9-20-13-26-14-27-20/h1-6,11-14,17H,7-10H2,(H2,25,28)(H,26,27). The van der Waals surface area contributed by atoms with Crippen LogP contribution in [-0.4, -0.2) is 33.3 Å². The van der Waals surface area contributed by atoms with Gasteiger partial charge in [0.25, 0.3) is 5.91 Å². The normalized spacial score (nSPS) is 21.2. The summed E-state index contributed by atoms with van der Waals surface area (Å²) in [5, 5.41) is 0.680. The van der Waals surface area contributed by atoms with Gasteiger partial charge in [0.15, 0.2) is 11.5 Å². The van der Waals surface area contributed by atoms with Gasteiger partial charge in [-0.2, -0.15) is 0 Å². The topological polar surface area (TPSA) is 87.4 Å². The van der Waals surface area contributed by atoms with Crippen molar-refractivity contribution in [3.8, 4) is 11.1 Å². The minimum Gasteiger partial charge on any atom is -0.369 e. The van der Waals surface area contributed by atoms with Crippen LogP contribution in [0.3, 0.4) is 0 Å². The van der Waals surface area contributed by atoms with Gasteiger partial charge in [-0.05, 0) is 53.6 Å². The summed E-state index contributed by atoms with van der Waals surface area (Å²) in [6.45, 7) is 0.471. The molecule has 1 aromatic heterocycles. The fraction of sp³-hybridized carbons (Fsp3) is 0.261. The molecule has 1 saturated carbocycles. The lowest BCUT2D eigenvalue weighted by Gasteiger charge is -2.27. The Morgan fingerprint density at radius 3 is 2.63 bits per heavy atom. The Balaban J connectivity index is 1.50. The number of carbonyl (C=O) groups is 1. The number of benzene rings is 2. The molecule has 30 heavy (non-hydrogen) atoms. The Kier molecular flexibility index (Phi) is 4.59. The van der Waals surface area contributed by atoms with Gasteiger partial charge in [0.2, 0.25) is 0 Å². The number of hydrogen-bond acceptors (Lipinski definition) is 4. The zero-order valence-corrected chi connectivity index (χ0v) is 17.1. The largest absolute Gasteiger partial charge is 0.369 e. The van der Waals surface area contributed by atoms with E-state index in [0.717, 1.165) is 35.2 Å². The van der Waals surface area contributed by atoms with E-state index in [4.69, 9.17) is 22.3 Å². The maximum atomic E-state index is 13.7. The predicted molar refractivity (Wildman–Crippen MR) is 117 cm³/mol. The number of halogens is 1. The highest BCUT2D eigenvalue weighted by atomic mass is 35.5. The molecule has 152 valence electrons. The molecule has 5 rings (SSSR count). The molecule has 1 amide bonds. The Labute approximate surface area is 179 Å². The van der Waals surface area contributed by atoms with E-state index in [1.807, 2.05) is 42.5 Å². The third kappa shape index (κ3) is 3.17. The van der Waals surface area contributed by atoms with E-state index >= 15 is 0 Å². The molecule has 0 bridgehead atoms. The first-order chi connectivity index (χ1) is 14.6. The maximum absolute atomic E-state index is 13.7. The van der Waals surface area contributed by atoms with Crippen molar-refractivity contribution in [2.75, 3.05) is 6.54 Å². The third-order valence-corrected chi connectivity index (χ3v) is 6.16. The number of carbonyl (C=O) groups excluding carboxylic acids is 1. The fourth-order valence-corrected chi connectivity index (χ4v) is 4.45. The Morgan fingerprint density at radius 1 is 1.17 bits per heavy atom. The summed E-state index contributed by atoms with van der Waals surface area (Å²) in [7, 11) is 0. The van der Waals surface area contributed by atoms with Crippen LogP contribution < -0.4 is 5.73 Å². The highest BCUT2D eigenvalue weighted by molar-refractivity contribution is 6.30. The molecule has 1 aliphatic heterocycles. The van der Waals surface area contributed by atoms with Crippen molar-refractivity contribution in [2.45, 2.75) is 24.8 Å². The lowest BCUT2D eigenvalue weighted by molar-refractivity contribution is -0.132. The summed E-state index contributed by atoms with van der Waals surface area (Å²) in [6.07, 6.45) is 5.98. The van der Waals surface area contributed by atoms with Crippen LogP contribution in [-0.2, 0) is 16.8 Å². The molecular formula is C23H22ClN5O. The number of H-pyrrole nitrogens is 1. The van der Waals surface area contributed by atoms with E-state index in [-0.39, 0.29) is 11.8 Å². The number of imidazole rings is 1. The first-order valence-corrected chi connectivity index (χ1v) is 10.5. The molecule has 3 aromatic rings. The van der Waals surface area contributed by atoms with Gasteiger partial charge < -0.3 is 10.7 Å². The second-order valence-electron chi connectivity index (χ2n) is 7.89. The van der Waals surface area contributed by atoms with Crippen molar-refractivity contribution in [3.63, 3.8) is 0 Å². The summed E-state index contributed by atoms with van der Waals surface area (Å²) in [5.74, 6) is 0.431. The Morgan fingerprint density at radius 2 is 1.93 bits per heavy atom. The van der Waals surface area contributed by atoms with E-state index in [2.05, 4.69) is 16.0 Å². The molecule has 1 fully saturated rings. The zero-order valence-electron chi connectivity index (χ0n) is 16.4. The number of nitrogens with one attached hydrogen (secondary N) is 1. The maximum Gasteiger partial charge on any atom is 0.262 e. The van der Waals surface area contributed by atoms with Crippen LogP contribution in [0.25, 0.3) is 11.1 Å². The van der Waals surface area contributed by atoms with Crippen LogP contribution in [0.5, 0.6) is 0 Å². The van der Waals surface area contributed by atoms with Crippen LogP contribution in [0, 0.1) is 5.92 Å². The van der Waals surface area contributed by atoms with Crippen molar-refractivity contribution in [3.05, 3.63) is 77.3 Å². The van der Waals surface area contributed by atoms with Crippen LogP contribution in [0.15, 0.2) is 66.0 Å². The third-order valence-electron chi connectivity index (χ3n) is 5.93. The van der Waals surface area contributed by atoms with Crippen molar-refractivity contribution < 1.29 is 4.79 Å². The predicted octanol–water partition coefficient (Wildman–Crippen LogP) is 3.74. The Hall–Kier alpha value is -3.12. The van der Waals surface area contributed by atoms with Gasteiger partial charge in [-0.25, -0.2) is 9.98 Å². The average molecular weight is 420 g/mol.